The maximum atomic E-state index is 14.9. The summed E-state index contributed by atoms with van der Waals surface area (Å²) in [5.41, 5.74) is 3.19. The lowest BCUT2D eigenvalue weighted by Crippen LogP contribution is -2.65. The summed E-state index contributed by atoms with van der Waals surface area (Å²) < 4.78 is 6.26. The minimum atomic E-state index is -1.59. The number of rotatable bonds is 14. The van der Waals surface area contributed by atoms with Gasteiger partial charge in [0.25, 0.3) is 0 Å². The van der Waals surface area contributed by atoms with Crippen LogP contribution in [0.5, 0.6) is 0 Å². The van der Waals surface area contributed by atoms with Gasteiger partial charge < -0.3 is 51.7 Å². The van der Waals surface area contributed by atoms with E-state index in [9.17, 15) is 35.4 Å². The quantitative estimate of drug-likeness (QED) is 0.118. The van der Waals surface area contributed by atoms with Gasteiger partial charge in [0, 0.05) is 24.1 Å². The summed E-state index contributed by atoms with van der Waals surface area (Å²) in [6.45, 7) is 10.3. The maximum Gasteiger partial charge on any atom is 0.182 e. The molecule has 2 aliphatic heterocycles. The van der Waals surface area contributed by atoms with Crippen LogP contribution in [0.2, 0.25) is 0 Å². The van der Waals surface area contributed by atoms with Crippen LogP contribution in [0.25, 0.3) is 0 Å². The number of nitrogens with two attached hydrogens (primary N) is 1. The van der Waals surface area contributed by atoms with Crippen LogP contribution in [0.4, 0.5) is 0 Å². The summed E-state index contributed by atoms with van der Waals surface area (Å²) in [5.74, 6) is -1.22. The van der Waals surface area contributed by atoms with E-state index in [4.69, 9.17) is 10.5 Å². The predicted molar refractivity (Wildman–Crippen MR) is 203 cm³/mol. The summed E-state index contributed by atoms with van der Waals surface area (Å²) in [6.07, 6.45) is 10.0. The summed E-state index contributed by atoms with van der Waals surface area (Å²) in [4.78, 5) is 14.9. The number of hydrogen-bond donors (Lipinski definition) is 9. The molecule has 53 heavy (non-hydrogen) atoms. The number of ether oxygens (including phenoxy) is 1. The predicted octanol–water partition coefficient (Wildman–Crippen LogP) is 3.31. The molecule has 10 N–H and O–H groups in total. The monoisotopic (exact) mass is 744 g/mol. The third-order valence-electron chi connectivity index (χ3n) is 15.2. The Hall–Kier alpha value is -1.83. The minimum absolute atomic E-state index is 0.0711. The molecule has 0 bridgehead atoms. The average molecular weight is 744 g/mol. The molecule has 3 saturated carbocycles. The number of allylic oxidation sites excluding steroid dienone is 3. The molecular formula is C42H69N3O8. The highest BCUT2D eigenvalue weighted by atomic mass is 16.5. The van der Waals surface area contributed by atoms with Gasteiger partial charge in [-0.1, -0.05) is 52.5 Å². The van der Waals surface area contributed by atoms with Crippen molar-refractivity contribution in [2.75, 3.05) is 13.2 Å². The molecule has 4 fully saturated rings. The fraction of sp³-hybridized carbons (Fsp3) is 0.833. The van der Waals surface area contributed by atoms with Gasteiger partial charge in [0.2, 0.25) is 0 Å². The van der Waals surface area contributed by atoms with E-state index in [2.05, 4.69) is 24.5 Å². The molecule has 0 aromatic carbocycles. The molecule has 300 valence electrons. The van der Waals surface area contributed by atoms with Crippen molar-refractivity contribution in [1.29, 1.82) is 0 Å². The van der Waals surface area contributed by atoms with Crippen molar-refractivity contribution in [1.82, 2.24) is 10.6 Å². The van der Waals surface area contributed by atoms with Crippen LogP contribution in [-0.2, 0) is 9.53 Å². The first-order valence-electron chi connectivity index (χ1n) is 20.7. The third kappa shape index (κ3) is 7.09. The Balaban J connectivity index is 1.35. The Bertz CT molecular complexity index is 1430. The highest BCUT2D eigenvalue weighted by Gasteiger charge is 2.71. The fourth-order valence-electron chi connectivity index (χ4n) is 12.1. The number of aliphatic hydroxyl groups is 6. The van der Waals surface area contributed by atoms with Crippen LogP contribution >= 0.6 is 0 Å². The van der Waals surface area contributed by atoms with Crippen molar-refractivity contribution >= 4 is 5.78 Å². The first kappa shape index (κ1) is 40.8. The molecule has 0 aromatic rings. The molecule has 11 nitrogen and oxygen atoms in total. The molecule has 6 aliphatic rings. The zero-order valence-corrected chi connectivity index (χ0v) is 32.8. The molecule has 0 radical (unpaired) electrons. The van der Waals surface area contributed by atoms with Crippen molar-refractivity contribution in [3.05, 3.63) is 35.2 Å². The van der Waals surface area contributed by atoms with Gasteiger partial charge in [0.1, 0.15) is 6.10 Å². The fourth-order valence-corrected chi connectivity index (χ4v) is 12.1. The van der Waals surface area contributed by atoms with Crippen LogP contribution in [0.3, 0.4) is 0 Å². The first-order chi connectivity index (χ1) is 25.0. The van der Waals surface area contributed by atoms with E-state index in [0.717, 1.165) is 18.4 Å². The zero-order valence-electron chi connectivity index (χ0n) is 32.8. The van der Waals surface area contributed by atoms with Gasteiger partial charge in [-0.25, -0.2) is 0 Å². The molecule has 0 amide bonds. The Labute approximate surface area is 316 Å². The number of nitrogens with one attached hydrogen (secondary N) is 2. The van der Waals surface area contributed by atoms with Gasteiger partial charge in [-0.05, 0) is 118 Å². The molecule has 11 heteroatoms. The smallest absolute Gasteiger partial charge is 0.182 e. The topological polar surface area (TPSA) is 198 Å². The van der Waals surface area contributed by atoms with Crippen molar-refractivity contribution in [3.63, 3.8) is 0 Å². The van der Waals surface area contributed by atoms with Gasteiger partial charge in [-0.3, -0.25) is 4.79 Å². The second-order valence-corrected chi connectivity index (χ2v) is 18.4. The van der Waals surface area contributed by atoms with Crippen molar-refractivity contribution in [3.8, 4) is 0 Å². The highest BCUT2D eigenvalue weighted by Crippen LogP contribution is 2.70. The van der Waals surface area contributed by atoms with Crippen molar-refractivity contribution in [2.45, 2.75) is 166 Å². The number of carbonyl (C=O) groups excluding carboxylic acids is 1. The van der Waals surface area contributed by atoms with Gasteiger partial charge >= 0.3 is 0 Å². The third-order valence-corrected chi connectivity index (χ3v) is 15.2. The number of unbranched alkanes of at least 4 members (excludes halogenated alkanes) is 3. The molecule has 1 saturated heterocycles. The van der Waals surface area contributed by atoms with Crippen LogP contribution in [-0.4, -0.2) is 97.5 Å². The number of fused-ring (bicyclic) bond motifs is 5. The first-order valence-corrected chi connectivity index (χ1v) is 20.7. The second kappa shape index (κ2) is 15.6. The Kier molecular flexibility index (Phi) is 12.0. The molecule has 2 heterocycles. The van der Waals surface area contributed by atoms with Crippen LogP contribution in [0.1, 0.15) is 118 Å². The number of aliphatic hydroxyl groups excluding tert-OH is 4. The highest BCUT2D eigenvalue weighted by molar-refractivity contribution is 6.00. The number of hydrogen-bond acceptors (Lipinski definition) is 11. The van der Waals surface area contributed by atoms with E-state index in [1.807, 2.05) is 25.3 Å². The van der Waals surface area contributed by atoms with Crippen molar-refractivity contribution in [2.24, 2.45) is 46.2 Å². The molecule has 15 unspecified atom stereocenters. The number of dihydropyridines is 1. The van der Waals surface area contributed by atoms with Gasteiger partial charge in [0.05, 0.1) is 54.1 Å². The summed E-state index contributed by atoms with van der Waals surface area (Å²) in [6, 6.07) is 0. The van der Waals surface area contributed by atoms with E-state index in [1.54, 1.807) is 13.8 Å². The summed E-state index contributed by atoms with van der Waals surface area (Å²) in [7, 11) is 0. The minimum Gasteiger partial charge on any atom is -0.392 e. The van der Waals surface area contributed by atoms with E-state index in [0.29, 0.717) is 62.3 Å². The van der Waals surface area contributed by atoms with E-state index in [-0.39, 0.29) is 43.2 Å². The lowest BCUT2D eigenvalue weighted by Gasteiger charge is -2.62. The van der Waals surface area contributed by atoms with Crippen LogP contribution in [0.15, 0.2) is 35.2 Å². The Morgan fingerprint density at radius 2 is 1.89 bits per heavy atom. The van der Waals surface area contributed by atoms with Crippen molar-refractivity contribution < 1.29 is 40.2 Å². The van der Waals surface area contributed by atoms with E-state index >= 15 is 0 Å². The lowest BCUT2D eigenvalue weighted by atomic mass is 9.43. The maximum absolute atomic E-state index is 14.9. The summed E-state index contributed by atoms with van der Waals surface area (Å²) in [5, 5.41) is 76.8. The number of Topliss-reactive ketones (excluding diaryl/α,β-unsaturated/α-hetero) is 1. The zero-order chi connectivity index (χ0) is 38.5. The summed E-state index contributed by atoms with van der Waals surface area (Å²) >= 11 is 0. The Morgan fingerprint density at radius 3 is 2.57 bits per heavy atom. The van der Waals surface area contributed by atoms with Crippen LogP contribution < -0.4 is 16.4 Å². The largest absolute Gasteiger partial charge is 0.392 e. The standard InChI is InChI=1S/C42H69N3O8/c1-6-7-8-9-10-27-23-53-37(25(27)3)38(50)40(5,51)32-15-18-42(52)34-28(14-16-39(32,42)4)41(17-13-26-11-12-33(43)44-22-26)20-31(48)30(47)19-29(41)36(49)35(34)45-21-24(2)46/h11-12,22,24-25,27-33,37-38,44-48,50-52H,6-10,13-21,23,43H2,1-5H3. The molecule has 4 aliphatic carbocycles. The van der Waals surface area contributed by atoms with Crippen LogP contribution in [0, 0.1) is 40.4 Å². The van der Waals surface area contributed by atoms with Gasteiger partial charge in [-0.15, -0.1) is 0 Å². The number of ketones is 1. The second-order valence-electron chi connectivity index (χ2n) is 18.4. The normalized spacial score (nSPS) is 43.3. The molecular weight excluding hydrogens is 674 g/mol. The Morgan fingerprint density at radius 1 is 1.13 bits per heavy atom. The molecule has 0 aromatic heterocycles. The van der Waals surface area contributed by atoms with E-state index < -0.39 is 64.4 Å². The lowest BCUT2D eigenvalue weighted by molar-refractivity contribution is -0.196. The van der Waals surface area contributed by atoms with Gasteiger partial charge in [0.15, 0.2) is 5.78 Å². The molecule has 6 rings (SSSR count). The molecule has 15 atom stereocenters. The molecule has 0 spiro atoms. The average Bonchev–Trinajstić information content (AvgIpc) is 3.62. The van der Waals surface area contributed by atoms with E-state index in [1.165, 1.54) is 19.3 Å². The SMILES string of the molecule is CCCCCCC1COC(C(O)C(C)(O)C2CCC3(O)C4=C(NCC(C)O)C(=O)C5CC(O)C(O)CC5(CCC5=CNC(N)C=C5)C4CCC23C)C1C. The van der Waals surface area contributed by atoms with Gasteiger partial charge in [-0.2, -0.15) is 0 Å². The number of carbonyl (C=O) groups is 1.